The highest BCUT2D eigenvalue weighted by atomic mass is 19.5. The molecule has 424 valence electrons. The smallest absolute Gasteiger partial charge is 0.296 e. The quantitative estimate of drug-likeness (QED) is 0.193. The lowest BCUT2D eigenvalue weighted by Crippen LogP contribution is -2.62. The van der Waals surface area contributed by atoms with E-state index in [1.54, 1.807) is 4.74 Å². The molecule has 0 radical (unpaired) electrons. The minimum atomic E-state index is -7.48. The first-order chi connectivity index (χ1) is 29.1. The molecule has 0 saturated carbocycles. The van der Waals surface area contributed by atoms with Crippen LogP contribution in [0, 0.1) is 0 Å². The van der Waals surface area contributed by atoms with Crippen molar-refractivity contribution in [3.05, 3.63) is 0 Å². The summed E-state index contributed by atoms with van der Waals surface area (Å²) in [7, 11) is 0. The molecule has 69 heavy (non-hydrogen) atoms. The number of rotatable bonds is 11. The Labute approximate surface area is 348 Å². The van der Waals surface area contributed by atoms with Crippen LogP contribution in [0.2, 0.25) is 0 Å². The van der Waals surface area contributed by atoms with Crippen molar-refractivity contribution in [2.45, 2.75) is 124 Å². The van der Waals surface area contributed by atoms with Gasteiger partial charge >= 0.3 is 92.4 Å². The standard InChI is InChI=1S/C7HF15O.C5H3F9O.2C4H4F6O.C3H2F6/c8-2(9,5(15,16)17)1(3(10,11)12)23-7(21,22)4(13,14)6(18,19)20;6-3(7,8)1-2(4(9,10)11)15-5(12,13)14;2*5-3(6,7)1-2-11-4(8,9)10;4-1-2(5,6)3(7,8)9/h1H;2H,1H2;2*1-2H2;1H2. The minimum absolute atomic E-state index is 1.38. The monoisotopic (exact) mass is 1150 g/mol. The maximum absolute atomic E-state index is 12.5. The van der Waals surface area contributed by atoms with E-state index in [1.165, 1.54) is 0 Å². The topological polar surface area (TPSA) is 36.9 Å². The van der Waals surface area contributed by atoms with E-state index >= 15 is 0 Å². The minimum Gasteiger partial charge on any atom is -0.296 e. The molecule has 0 aliphatic carbocycles. The summed E-state index contributed by atoms with van der Waals surface area (Å²) in [6.07, 6.45) is -86.7. The molecule has 2 atom stereocenters. The molecule has 0 fully saturated rings. The first-order valence-corrected chi connectivity index (χ1v) is 14.6. The molecule has 0 bridgehead atoms. The second-order valence-corrected chi connectivity index (χ2v) is 10.8. The maximum Gasteiger partial charge on any atom is 0.523 e. The Morgan fingerprint density at radius 3 is 0.812 bits per heavy atom. The van der Waals surface area contributed by atoms with Crippen LogP contribution in [0.1, 0.15) is 19.3 Å². The Morgan fingerprint density at radius 2 is 0.652 bits per heavy atom. The molecule has 0 aliphatic heterocycles. The summed E-state index contributed by atoms with van der Waals surface area (Å²) in [5.74, 6) is -19.9. The van der Waals surface area contributed by atoms with Crippen LogP contribution in [0.3, 0.4) is 0 Å². The van der Waals surface area contributed by atoms with Crippen LogP contribution >= 0.6 is 0 Å². The van der Waals surface area contributed by atoms with Crippen LogP contribution in [-0.4, -0.2) is 124 Å². The molecule has 0 amide bonds. The molecule has 0 rings (SSSR count). The first kappa shape index (κ1) is 74.8. The predicted molar refractivity (Wildman–Crippen MR) is 128 cm³/mol. The van der Waals surface area contributed by atoms with E-state index in [4.69, 9.17) is 0 Å². The molecule has 0 aromatic rings. The number of ether oxygens (including phenoxy) is 4. The maximum atomic E-state index is 12.5. The van der Waals surface area contributed by atoms with Gasteiger partial charge in [-0.05, 0) is 0 Å². The van der Waals surface area contributed by atoms with Gasteiger partial charge < -0.3 is 0 Å². The van der Waals surface area contributed by atoms with E-state index in [9.17, 15) is 184 Å². The SMILES string of the molecule is FC(F)(F)C(OC(F)(F)C(F)(F)C(F)(F)F)C(F)(F)C(F)(F)F.FC(F)(F)CC(OC(F)(F)F)C(F)(F)F.FC(F)(F)CCOC(F)(F)F.FC(F)(F)CCOC(F)(F)F.FCC(F)(F)C(F)(F)F. The summed E-state index contributed by atoms with van der Waals surface area (Å²) < 4.78 is 492. The van der Waals surface area contributed by atoms with E-state index in [-0.39, 0.29) is 0 Å². The summed E-state index contributed by atoms with van der Waals surface area (Å²) >= 11 is 0. The Hall–Kier alpha value is -3.10. The summed E-state index contributed by atoms with van der Waals surface area (Å²) in [5.41, 5.74) is 0. The lowest BCUT2D eigenvalue weighted by atomic mass is 10.1. The van der Waals surface area contributed by atoms with Gasteiger partial charge in [0.05, 0.1) is 32.5 Å². The van der Waals surface area contributed by atoms with Crippen molar-refractivity contribution in [2.24, 2.45) is 0 Å². The number of hydrogen-bond acceptors (Lipinski definition) is 4. The van der Waals surface area contributed by atoms with Gasteiger partial charge in [-0.1, -0.05) is 0 Å². The Morgan fingerprint density at radius 1 is 0.333 bits per heavy atom. The van der Waals surface area contributed by atoms with Crippen LogP contribution in [0.15, 0.2) is 0 Å². The summed E-state index contributed by atoms with van der Waals surface area (Å²) in [6.45, 7) is -5.46. The van der Waals surface area contributed by atoms with Crippen molar-refractivity contribution >= 4 is 0 Å². The van der Waals surface area contributed by atoms with Gasteiger partial charge in [0.25, 0.3) is 0 Å². The van der Waals surface area contributed by atoms with Crippen molar-refractivity contribution in [1.29, 1.82) is 0 Å². The molecular weight excluding hydrogens is 1140 g/mol. The molecule has 46 heteroatoms. The van der Waals surface area contributed by atoms with Crippen LogP contribution in [-0.2, 0) is 18.9 Å². The molecule has 0 heterocycles. The van der Waals surface area contributed by atoms with Gasteiger partial charge in [0, 0.05) is 0 Å². The van der Waals surface area contributed by atoms with E-state index in [0.717, 1.165) is 0 Å². The Balaban J connectivity index is -0.000000259. The molecule has 0 N–H and O–H groups in total. The van der Waals surface area contributed by atoms with E-state index < -0.39 is 144 Å². The zero-order valence-corrected chi connectivity index (χ0v) is 30.4. The lowest BCUT2D eigenvalue weighted by Gasteiger charge is -2.35. The van der Waals surface area contributed by atoms with Crippen LogP contribution in [0.4, 0.5) is 184 Å². The van der Waals surface area contributed by atoms with Crippen molar-refractivity contribution in [2.75, 3.05) is 19.9 Å². The van der Waals surface area contributed by atoms with E-state index in [1.807, 2.05) is 0 Å². The van der Waals surface area contributed by atoms with Gasteiger partial charge in [-0.3, -0.25) is 18.9 Å². The Bertz CT molecular complexity index is 1310. The van der Waals surface area contributed by atoms with Gasteiger partial charge in [-0.2, -0.15) is 140 Å². The molecule has 0 spiro atoms. The highest BCUT2D eigenvalue weighted by Crippen LogP contribution is 2.52. The number of halogens is 42. The molecule has 0 aliphatic rings. The summed E-state index contributed by atoms with van der Waals surface area (Å²) in [6, 6.07) is 0. The zero-order valence-electron chi connectivity index (χ0n) is 30.4. The third-order valence-corrected chi connectivity index (χ3v) is 4.93. The summed E-state index contributed by atoms with van der Waals surface area (Å²) in [5, 5.41) is 0. The fraction of sp³-hybridized carbons (Fsp3) is 1.00. The summed E-state index contributed by atoms with van der Waals surface area (Å²) in [4.78, 5) is 0. The van der Waals surface area contributed by atoms with E-state index in [0.29, 0.717) is 0 Å². The van der Waals surface area contributed by atoms with Gasteiger partial charge in [0.15, 0.2) is 12.8 Å². The highest BCUT2D eigenvalue weighted by Gasteiger charge is 2.79. The predicted octanol–water partition coefficient (Wildman–Crippen LogP) is 15.4. The second-order valence-electron chi connectivity index (χ2n) is 10.8. The first-order valence-electron chi connectivity index (χ1n) is 14.6. The molecule has 0 saturated heterocycles. The third kappa shape index (κ3) is 35.6. The van der Waals surface area contributed by atoms with Gasteiger partial charge in [0.1, 0.15) is 0 Å². The van der Waals surface area contributed by atoms with E-state index in [2.05, 4.69) is 14.2 Å². The van der Waals surface area contributed by atoms with Crippen LogP contribution < -0.4 is 0 Å². The van der Waals surface area contributed by atoms with Crippen molar-refractivity contribution in [3.63, 3.8) is 0 Å². The zero-order chi connectivity index (χ0) is 57.7. The Kier molecular flexibility index (Phi) is 27.1. The fourth-order valence-electron chi connectivity index (χ4n) is 2.12. The molecular formula is C23H14F42O4. The van der Waals surface area contributed by atoms with Crippen molar-refractivity contribution < 1.29 is 203 Å². The van der Waals surface area contributed by atoms with Gasteiger partial charge in [-0.25, -0.2) is 4.39 Å². The van der Waals surface area contributed by atoms with Crippen LogP contribution in [0.5, 0.6) is 0 Å². The number of hydrogen-bond donors (Lipinski definition) is 0. The van der Waals surface area contributed by atoms with Crippen LogP contribution in [0.25, 0.3) is 0 Å². The largest absolute Gasteiger partial charge is 0.523 e. The second kappa shape index (κ2) is 25.0. The normalized spacial score (nSPS) is 15.6. The third-order valence-electron chi connectivity index (χ3n) is 4.93. The molecule has 0 aromatic heterocycles. The molecule has 0 aromatic carbocycles. The van der Waals surface area contributed by atoms with Gasteiger partial charge in [-0.15, -0.1) is 39.5 Å². The van der Waals surface area contributed by atoms with Gasteiger partial charge in [0.2, 0.25) is 6.10 Å². The molecule has 2 unspecified atom stereocenters. The average Bonchev–Trinajstić information content (AvgIpc) is 2.98. The fourth-order valence-corrected chi connectivity index (χ4v) is 2.12. The highest BCUT2D eigenvalue weighted by molar-refractivity contribution is 4.94. The van der Waals surface area contributed by atoms with Crippen molar-refractivity contribution in [1.82, 2.24) is 0 Å². The van der Waals surface area contributed by atoms with Crippen molar-refractivity contribution in [3.8, 4) is 0 Å². The number of alkyl halides is 42. The lowest BCUT2D eigenvalue weighted by molar-refractivity contribution is -0.470. The average molecular weight is 1150 g/mol. The molecule has 4 nitrogen and oxygen atoms in total.